The summed E-state index contributed by atoms with van der Waals surface area (Å²) in [7, 11) is 3.83. The Morgan fingerprint density at radius 3 is 2.41 bits per heavy atom. The minimum absolute atomic E-state index is 0.0411. The number of carbonyl (C=O) groups is 2. The van der Waals surface area contributed by atoms with E-state index in [0.717, 1.165) is 22.4 Å². The van der Waals surface area contributed by atoms with E-state index in [2.05, 4.69) is 0 Å². The van der Waals surface area contributed by atoms with E-state index in [0.29, 0.717) is 18.0 Å². The van der Waals surface area contributed by atoms with Crippen molar-refractivity contribution in [2.45, 2.75) is 32.9 Å². The molecule has 29 heavy (non-hydrogen) atoms. The molecule has 1 unspecified atom stereocenters. The number of halogens is 1. The molecule has 6 heteroatoms. The van der Waals surface area contributed by atoms with Gasteiger partial charge in [-0.25, -0.2) is 4.79 Å². The lowest BCUT2D eigenvalue weighted by Crippen LogP contribution is -2.55. The van der Waals surface area contributed by atoms with Crippen molar-refractivity contribution in [3.63, 3.8) is 0 Å². The second-order valence-corrected chi connectivity index (χ2v) is 8.70. The van der Waals surface area contributed by atoms with Crippen molar-refractivity contribution < 1.29 is 18.8 Å². The van der Waals surface area contributed by atoms with Crippen LogP contribution in [0.1, 0.15) is 23.1 Å². The second-order valence-electron chi connectivity index (χ2n) is 8.27. The van der Waals surface area contributed by atoms with Crippen LogP contribution in [-0.2, 0) is 20.9 Å². The summed E-state index contributed by atoms with van der Waals surface area (Å²) in [6, 6.07) is 13.1. The molecule has 0 saturated carbocycles. The zero-order chi connectivity index (χ0) is 21.2. The quantitative estimate of drug-likeness (QED) is 0.531. The highest BCUT2D eigenvalue weighted by Crippen LogP contribution is 2.33. The van der Waals surface area contributed by atoms with Crippen molar-refractivity contribution in [1.82, 2.24) is 0 Å². The smallest absolute Gasteiger partial charge is 0.362 e. The van der Waals surface area contributed by atoms with Crippen molar-refractivity contribution in [2.24, 2.45) is 0 Å². The Morgan fingerprint density at radius 1 is 1.17 bits per heavy atom. The SMILES string of the molecule is Cc1cc(Cl)cc(C)c1N1CCC([N+](C)(C)CC(=O)OCc2ccccc2)C1=O. The molecule has 1 heterocycles. The minimum atomic E-state index is -0.302. The van der Waals surface area contributed by atoms with Crippen LogP contribution in [0.25, 0.3) is 0 Å². The Morgan fingerprint density at radius 2 is 1.79 bits per heavy atom. The van der Waals surface area contributed by atoms with Crippen molar-refractivity contribution in [2.75, 3.05) is 32.1 Å². The van der Waals surface area contributed by atoms with Crippen molar-refractivity contribution in [1.29, 1.82) is 0 Å². The Bertz CT molecular complexity index is 889. The maximum Gasteiger partial charge on any atom is 0.362 e. The first-order valence-electron chi connectivity index (χ1n) is 9.79. The van der Waals surface area contributed by atoms with Crippen LogP contribution in [0, 0.1) is 13.8 Å². The van der Waals surface area contributed by atoms with Crippen molar-refractivity contribution in [3.8, 4) is 0 Å². The molecular formula is C23H28ClN2O3+. The van der Waals surface area contributed by atoms with Gasteiger partial charge in [0.15, 0.2) is 12.6 Å². The molecule has 2 aromatic carbocycles. The Kier molecular flexibility index (Phi) is 6.30. The predicted octanol–water partition coefficient (Wildman–Crippen LogP) is 3.88. The van der Waals surface area contributed by atoms with E-state index in [-0.39, 0.29) is 35.6 Å². The average molecular weight is 416 g/mol. The Hall–Kier alpha value is -2.37. The lowest BCUT2D eigenvalue weighted by atomic mass is 10.1. The predicted molar refractivity (Wildman–Crippen MR) is 115 cm³/mol. The molecule has 1 fully saturated rings. The molecular weight excluding hydrogens is 388 g/mol. The molecule has 1 amide bonds. The normalized spacial score (nSPS) is 16.9. The molecule has 1 saturated heterocycles. The molecule has 3 rings (SSSR count). The van der Waals surface area contributed by atoms with E-state index in [4.69, 9.17) is 16.3 Å². The molecule has 0 N–H and O–H groups in total. The van der Waals surface area contributed by atoms with E-state index < -0.39 is 0 Å². The van der Waals surface area contributed by atoms with Crippen LogP contribution < -0.4 is 4.90 Å². The van der Waals surface area contributed by atoms with E-state index in [1.807, 2.05) is 75.3 Å². The van der Waals surface area contributed by atoms with E-state index >= 15 is 0 Å². The molecule has 5 nitrogen and oxygen atoms in total. The first-order chi connectivity index (χ1) is 13.7. The van der Waals surface area contributed by atoms with Gasteiger partial charge in [-0.15, -0.1) is 0 Å². The number of aryl methyl sites for hydroxylation is 2. The zero-order valence-corrected chi connectivity index (χ0v) is 18.2. The molecule has 0 aromatic heterocycles. The van der Waals surface area contributed by atoms with E-state index in [1.54, 1.807) is 0 Å². The van der Waals surface area contributed by atoms with Crippen LogP contribution in [0.5, 0.6) is 0 Å². The number of ether oxygens (including phenoxy) is 1. The number of anilines is 1. The highest BCUT2D eigenvalue weighted by molar-refractivity contribution is 6.30. The van der Waals surface area contributed by atoms with Crippen LogP contribution >= 0.6 is 11.6 Å². The molecule has 0 aliphatic carbocycles. The number of rotatable bonds is 6. The summed E-state index contributed by atoms with van der Waals surface area (Å²) < 4.78 is 5.70. The highest BCUT2D eigenvalue weighted by atomic mass is 35.5. The van der Waals surface area contributed by atoms with Gasteiger partial charge in [0.05, 0.1) is 14.1 Å². The summed E-state index contributed by atoms with van der Waals surface area (Å²) in [6.07, 6.45) is 0.694. The van der Waals surface area contributed by atoms with Gasteiger partial charge < -0.3 is 14.1 Å². The summed E-state index contributed by atoms with van der Waals surface area (Å²) >= 11 is 6.14. The molecule has 1 atom stereocenters. The summed E-state index contributed by atoms with van der Waals surface area (Å²) in [4.78, 5) is 27.5. The maximum atomic E-state index is 13.2. The molecule has 154 valence electrons. The third kappa shape index (κ3) is 4.80. The zero-order valence-electron chi connectivity index (χ0n) is 17.4. The van der Waals surface area contributed by atoms with Gasteiger partial charge >= 0.3 is 5.97 Å². The number of hydrogen-bond acceptors (Lipinski definition) is 3. The summed E-state index contributed by atoms with van der Waals surface area (Å²) in [5, 5.41) is 0.671. The van der Waals surface area contributed by atoms with Crippen LogP contribution in [-0.4, -0.2) is 49.6 Å². The van der Waals surface area contributed by atoms with Gasteiger partial charge in [-0.1, -0.05) is 41.9 Å². The number of esters is 1. The fraction of sp³-hybridized carbons (Fsp3) is 0.391. The fourth-order valence-electron chi connectivity index (χ4n) is 4.09. The van der Waals surface area contributed by atoms with Crippen LogP contribution in [0.4, 0.5) is 5.69 Å². The van der Waals surface area contributed by atoms with Crippen LogP contribution in [0.3, 0.4) is 0 Å². The van der Waals surface area contributed by atoms with Crippen LogP contribution in [0.15, 0.2) is 42.5 Å². The van der Waals surface area contributed by atoms with Crippen molar-refractivity contribution >= 4 is 29.2 Å². The van der Waals surface area contributed by atoms with Gasteiger partial charge in [-0.3, -0.25) is 4.79 Å². The lowest BCUT2D eigenvalue weighted by Gasteiger charge is -2.34. The van der Waals surface area contributed by atoms with Gasteiger partial charge in [0, 0.05) is 23.7 Å². The second kappa shape index (κ2) is 8.56. The molecule has 0 bridgehead atoms. The summed E-state index contributed by atoms with van der Waals surface area (Å²) in [5.74, 6) is -0.261. The van der Waals surface area contributed by atoms with Gasteiger partial charge in [-0.05, 0) is 42.7 Å². The molecule has 1 aliphatic rings. The summed E-state index contributed by atoms with van der Waals surface area (Å²) in [5.41, 5.74) is 3.84. The first kappa shape index (κ1) is 21.3. The minimum Gasteiger partial charge on any atom is -0.457 e. The summed E-state index contributed by atoms with van der Waals surface area (Å²) in [6.45, 7) is 4.96. The third-order valence-corrected chi connectivity index (χ3v) is 5.74. The van der Waals surface area contributed by atoms with E-state index in [9.17, 15) is 9.59 Å². The largest absolute Gasteiger partial charge is 0.457 e. The monoisotopic (exact) mass is 415 g/mol. The highest BCUT2D eigenvalue weighted by Gasteiger charge is 2.45. The van der Waals surface area contributed by atoms with Crippen LogP contribution in [0.2, 0.25) is 5.02 Å². The molecule has 0 radical (unpaired) electrons. The van der Waals surface area contributed by atoms with Crippen molar-refractivity contribution in [3.05, 3.63) is 64.2 Å². The number of likely N-dealkylation sites (N-methyl/N-ethyl adjacent to an activating group) is 1. The topological polar surface area (TPSA) is 46.6 Å². The third-order valence-electron chi connectivity index (χ3n) is 5.53. The van der Waals surface area contributed by atoms with Gasteiger partial charge in [0.2, 0.25) is 0 Å². The molecule has 1 aliphatic heterocycles. The van der Waals surface area contributed by atoms with E-state index in [1.165, 1.54) is 0 Å². The van der Waals surface area contributed by atoms with Gasteiger partial charge in [0.1, 0.15) is 6.61 Å². The number of hydrogen-bond donors (Lipinski definition) is 0. The molecule has 2 aromatic rings. The van der Waals surface area contributed by atoms with Gasteiger partial charge in [0.25, 0.3) is 5.91 Å². The number of benzene rings is 2. The maximum absolute atomic E-state index is 13.2. The average Bonchev–Trinajstić information content (AvgIpc) is 3.02. The Labute approximate surface area is 177 Å². The number of amides is 1. The number of carbonyl (C=O) groups excluding carboxylic acids is 2. The van der Waals surface area contributed by atoms with Gasteiger partial charge in [-0.2, -0.15) is 0 Å². The number of nitrogens with zero attached hydrogens (tertiary/aromatic N) is 2. The lowest BCUT2D eigenvalue weighted by molar-refractivity contribution is -0.898. The first-order valence-corrected chi connectivity index (χ1v) is 10.2. The molecule has 0 spiro atoms. The number of quaternary nitrogens is 1. The standard InChI is InChI=1S/C23H28ClN2O3/c1-16-12-19(24)13-17(2)22(16)25-11-10-20(23(25)28)26(3,4)14-21(27)29-15-18-8-6-5-7-9-18/h5-9,12-13,20H,10-11,14-15H2,1-4H3/q+1. The fourth-order valence-corrected chi connectivity index (χ4v) is 4.42. The Balaban J connectivity index is 1.67.